The van der Waals surface area contributed by atoms with Crippen molar-refractivity contribution in [2.75, 3.05) is 13.1 Å². The molecular formula is C17H18ClNO. The third kappa shape index (κ3) is 2.97. The number of hydrogen-bond donors (Lipinski definition) is 1. The van der Waals surface area contributed by atoms with Crippen LogP contribution in [0.5, 0.6) is 5.75 Å². The SMILES string of the molecule is Oc1ccc(Cl)cc1CN1CCc2ccccc2CC1. The van der Waals surface area contributed by atoms with Crippen molar-refractivity contribution >= 4 is 11.6 Å². The summed E-state index contributed by atoms with van der Waals surface area (Å²) in [7, 11) is 0. The van der Waals surface area contributed by atoms with Crippen LogP contribution in [0.15, 0.2) is 42.5 Å². The monoisotopic (exact) mass is 287 g/mol. The van der Waals surface area contributed by atoms with Crippen molar-refractivity contribution in [2.24, 2.45) is 0 Å². The van der Waals surface area contributed by atoms with Crippen LogP contribution in [-0.2, 0) is 19.4 Å². The molecule has 0 spiro atoms. The fourth-order valence-electron chi connectivity index (χ4n) is 2.79. The maximum absolute atomic E-state index is 9.92. The summed E-state index contributed by atoms with van der Waals surface area (Å²) >= 11 is 6.01. The second-order valence-corrected chi connectivity index (χ2v) is 5.75. The van der Waals surface area contributed by atoms with Gasteiger partial charge in [0.15, 0.2) is 0 Å². The lowest BCUT2D eigenvalue weighted by Crippen LogP contribution is -2.25. The van der Waals surface area contributed by atoms with Gasteiger partial charge in [-0.2, -0.15) is 0 Å². The van der Waals surface area contributed by atoms with Gasteiger partial charge in [-0.25, -0.2) is 0 Å². The molecule has 0 radical (unpaired) electrons. The Morgan fingerprint density at radius 1 is 1.00 bits per heavy atom. The van der Waals surface area contributed by atoms with Gasteiger partial charge in [0.2, 0.25) is 0 Å². The van der Waals surface area contributed by atoms with Crippen LogP contribution in [0.2, 0.25) is 5.02 Å². The van der Waals surface area contributed by atoms with Gasteiger partial charge in [0.05, 0.1) is 0 Å². The van der Waals surface area contributed by atoms with Gasteiger partial charge in [-0.1, -0.05) is 35.9 Å². The number of rotatable bonds is 2. The predicted octanol–water partition coefficient (Wildman–Crippen LogP) is 3.65. The Morgan fingerprint density at radius 2 is 1.65 bits per heavy atom. The molecular weight excluding hydrogens is 270 g/mol. The average Bonchev–Trinajstić information content (AvgIpc) is 2.66. The van der Waals surface area contributed by atoms with Crippen LogP contribution in [0.1, 0.15) is 16.7 Å². The molecule has 0 atom stereocenters. The van der Waals surface area contributed by atoms with E-state index < -0.39 is 0 Å². The number of halogens is 1. The standard InChI is InChI=1S/C17H18ClNO/c18-16-5-6-17(20)15(11-16)12-19-9-7-13-3-1-2-4-14(13)8-10-19/h1-6,11,20H,7-10,12H2. The number of phenols is 1. The van der Waals surface area contributed by atoms with Gasteiger partial charge in [0.1, 0.15) is 5.75 Å². The number of aromatic hydroxyl groups is 1. The zero-order chi connectivity index (χ0) is 13.9. The average molecular weight is 288 g/mol. The quantitative estimate of drug-likeness (QED) is 0.911. The molecule has 3 heteroatoms. The Kier molecular flexibility index (Phi) is 3.95. The molecule has 1 N–H and O–H groups in total. The molecule has 1 aliphatic heterocycles. The minimum atomic E-state index is 0.330. The zero-order valence-corrected chi connectivity index (χ0v) is 12.1. The van der Waals surface area contributed by atoms with Gasteiger partial charge in [0, 0.05) is 30.2 Å². The van der Waals surface area contributed by atoms with Gasteiger partial charge in [0.25, 0.3) is 0 Å². The molecule has 0 saturated carbocycles. The number of phenolic OH excluding ortho intramolecular Hbond substituents is 1. The molecule has 0 unspecified atom stereocenters. The normalized spacial score (nSPS) is 15.7. The molecule has 1 heterocycles. The van der Waals surface area contributed by atoms with Gasteiger partial charge < -0.3 is 5.11 Å². The summed E-state index contributed by atoms with van der Waals surface area (Å²) in [5.41, 5.74) is 3.80. The second-order valence-electron chi connectivity index (χ2n) is 5.32. The molecule has 0 bridgehead atoms. The molecule has 0 aromatic heterocycles. The molecule has 20 heavy (non-hydrogen) atoms. The minimum absolute atomic E-state index is 0.330. The molecule has 3 rings (SSSR count). The van der Waals surface area contributed by atoms with Crippen LogP contribution < -0.4 is 0 Å². The molecule has 2 nitrogen and oxygen atoms in total. The van der Waals surface area contributed by atoms with Crippen LogP contribution in [0.25, 0.3) is 0 Å². The molecule has 1 aliphatic rings. The molecule has 0 aliphatic carbocycles. The molecule has 0 amide bonds. The first-order valence-electron chi connectivity index (χ1n) is 6.99. The summed E-state index contributed by atoms with van der Waals surface area (Å²) in [4.78, 5) is 2.38. The summed E-state index contributed by atoms with van der Waals surface area (Å²) in [6.07, 6.45) is 2.13. The van der Waals surface area contributed by atoms with Crippen LogP contribution in [-0.4, -0.2) is 23.1 Å². The smallest absolute Gasteiger partial charge is 0.120 e. The van der Waals surface area contributed by atoms with Crippen molar-refractivity contribution in [1.82, 2.24) is 4.90 Å². The topological polar surface area (TPSA) is 23.5 Å². The molecule has 2 aromatic carbocycles. The highest BCUT2D eigenvalue weighted by atomic mass is 35.5. The Bertz CT molecular complexity index is 585. The lowest BCUT2D eigenvalue weighted by molar-refractivity contribution is 0.275. The Balaban J connectivity index is 1.73. The maximum atomic E-state index is 9.92. The summed E-state index contributed by atoms with van der Waals surface area (Å²) in [6, 6.07) is 13.9. The van der Waals surface area contributed by atoms with E-state index in [2.05, 4.69) is 29.2 Å². The Hall–Kier alpha value is -1.51. The van der Waals surface area contributed by atoms with Gasteiger partial charge >= 0.3 is 0 Å². The van der Waals surface area contributed by atoms with E-state index in [-0.39, 0.29) is 0 Å². The van der Waals surface area contributed by atoms with E-state index in [4.69, 9.17) is 11.6 Å². The van der Waals surface area contributed by atoms with E-state index in [1.165, 1.54) is 11.1 Å². The highest BCUT2D eigenvalue weighted by Crippen LogP contribution is 2.24. The van der Waals surface area contributed by atoms with Gasteiger partial charge in [-0.05, 0) is 42.2 Å². The first-order chi connectivity index (χ1) is 9.72. The number of nitrogens with zero attached hydrogens (tertiary/aromatic N) is 1. The van der Waals surface area contributed by atoms with Crippen molar-refractivity contribution in [1.29, 1.82) is 0 Å². The third-order valence-corrected chi connectivity index (χ3v) is 4.18. The minimum Gasteiger partial charge on any atom is -0.508 e. The maximum Gasteiger partial charge on any atom is 0.120 e. The lowest BCUT2D eigenvalue weighted by Gasteiger charge is -2.20. The Morgan fingerprint density at radius 3 is 2.30 bits per heavy atom. The second kappa shape index (κ2) is 5.86. The van der Waals surface area contributed by atoms with Crippen molar-refractivity contribution in [3.8, 4) is 5.75 Å². The molecule has 104 valence electrons. The molecule has 0 saturated heterocycles. The van der Waals surface area contributed by atoms with Crippen molar-refractivity contribution in [3.63, 3.8) is 0 Å². The van der Waals surface area contributed by atoms with Crippen LogP contribution in [0, 0.1) is 0 Å². The lowest BCUT2D eigenvalue weighted by atomic mass is 10.0. The predicted molar refractivity (Wildman–Crippen MR) is 82.2 cm³/mol. The van der Waals surface area contributed by atoms with E-state index >= 15 is 0 Å². The first kappa shape index (κ1) is 13.5. The summed E-state index contributed by atoms with van der Waals surface area (Å²) in [5.74, 6) is 0.330. The highest BCUT2D eigenvalue weighted by Gasteiger charge is 2.15. The number of fused-ring (bicyclic) bond motifs is 1. The van der Waals surface area contributed by atoms with Gasteiger partial charge in [-0.3, -0.25) is 4.90 Å². The Labute approximate surface area is 124 Å². The van der Waals surface area contributed by atoms with E-state index in [1.807, 2.05) is 6.07 Å². The van der Waals surface area contributed by atoms with E-state index in [0.29, 0.717) is 10.8 Å². The van der Waals surface area contributed by atoms with Crippen LogP contribution >= 0.6 is 11.6 Å². The van der Waals surface area contributed by atoms with E-state index in [9.17, 15) is 5.11 Å². The first-order valence-corrected chi connectivity index (χ1v) is 7.37. The largest absolute Gasteiger partial charge is 0.508 e. The zero-order valence-electron chi connectivity index (χ0n) is 11.3. The number of hydrogen-bond acceptors (Lipinski definition) is 2. The van der Waals surface area contributed by atoms with E-state index in [0.717, 1.165) is 38.0 Å². The van der Waals surface area contributed by atoms with Gasteiger partial charge in [-0.15, -0.1) is 0 Å². The fraction of sp³-hybridized carbons (Fsp3) is 0.294. The summed E-state index contributed by atoms with van der Waals surface area (Å²) in [6.45, 7) is 2.78. The van der Waals surface area contributed by atoms with Crippen molar-refractivity contribution < 1.29 is 5.11 Å². The fourth-order valence-corrected chi connectivity index (χ4v) is 2.99. The molecule has 0 fully saturated rings. The number of benzene rings is 2. The van der Waals surface area contributed by atoms with E-state index in [1.54, 1.807) is 12.1 Å². The van der Waals surface area contributed by atoms with Crippen molar-refractivity contribution in [2.45, 2.75) is 19.4 Å². The molecule has 2 aromatic rings. The van der Waals surface area contributed by atoms with Crippen LogP contribution in [0.4, 0.5) is 0 Å². The van der Waals surface area contributed by atoms with Crippen LogP contribution in [0.3, 0.4) is 0 Å². The highest BCUT2D eigenvalue weighted by molar-refractivity contribution is 6.30. The summed E-state index contributed by atoms with van der Waals surface area (Å²) < 4.78 is 0. The van der Waals surface area contributed by atoms with Crippen molar-refractivity contribution in [3.05, 3.63) is 64.2 Å². The third-order valence-electron chi connectivity index (χ3n) is 3.95. The summed E-state index contributed by atoms with van der Waals surface area (Å²) in [5, 5.41) is 10.6.